The van der Waals surface area contributed by atoms with E-state index < -0.39 is 0 Å². The van der Waals surface area contributed by atoms with Gasteiger partial charge in [0.2, 0.25) is 0 Å². The summed E-state index contributed by atoms with van der Waals surface area (Å²) in [6.07, 6.45) is 4.35. The van der Waals surface area contributed by atoms with Crippen molar-refractivity contribution >= 4 is 0 Å². The molecule has 0 aliphatic heterocycles. The van der Waals surface area contributed by atoms with E-state index in [1.807, 2.05) is 0 Å². The van der Waals surface area contributed by atoms with Crippen LogP contribution in [-0.4, -0.2) is 34.7 Å². The van der Waals surface area contributed by atoms with Gasteiger partial charge in [0.1, 0.15) is 0 Å². The number of hydrogen-bond donors (Lipinski definition) is 1. The normalized spacial score (nSPS) is 30.2. The Morgan fingerprint density at radius 1 is 1.22 bits per heavy atom. The Morgan fingerprint density at radius 2 is 1.83 bits per heavy atom. The number of rotatable bonds is 4. The molecule has 108 valence electrons. The maximum Gasteiger partial charge on any atom is 0.0695 e. The number of aliphatic hydroxyl groups is 1. The Morgan fingerprint density at radius 3 is 2.28 bits per heavy atom. The Balaban J connectivity index is 2.77. The van der Waals surface area contributed by atoms with Gasteiger partial charge in [0.05, 0.1) is 6.10 Å². The molecule has 0 saturated heterocycles. The summed E-state index contributed by atoms with van der Waals surface area (Å²) < 4.78 is 0. The predicted octanol–water partition coefficient (Wildman–Crippen LogP) is 3.68. The summed E-state index contributed by atoms with van der Waals surface area (Å²) in [5.41, 5.74) is 0.368. The highest BCUT2D eigenvalue weighted by atomic mass is 16.3. The minimum atomic E-state index is -0.127. The largest absolute Gasteiger partial charge is 0.391 e. The first kappa shape index (κ1) is 16.0. The fraction of sp³-hybridized carbons (Fsp3) is 1.00. The second-order valence-electron chi connectivity index (χ2n) is 7.34. The van der Waals surface area contributed by atoms with Crippen LogP contribution >= 0.6 is 0 Å². The van der Waals surface area contributed by atoms with Gasteiger partial charge in [-0.1, -0.05) is 27.7 Å². The van der Waals surface area contributed by atoms with Gasteiger partial charge in [-0.2, -0.15) is 0 Å². The first-order valence-electron chi connectivity index (χ1n) is 7.71. The maximum atomic E-state index is 10.4. The van der Waals surface area contributed by atoms with Crippen LogP contribution in [0.4, 0.5) is 0 Å². The summed E-state index contributed by atoms with van der Waals surface area (Å²) in [7, 11) is 0. The molecule has 0 amide bonds. The van der Waals surface area contributed by atoms with Crippen LogP contribution in [0.25, 0.3) is 0 Å². The first-order valence-corrected chi connectivity index (χ1v) is 7.71. The van der Waals surface area contributed by atoms with Crippen LogP contribution in [0, 0.1) is 11.3 Å². The van der Waals surface area contributed by atoms with Gasteiger partial charge < -0.3 is 5.11 Å². The quantitative estimate of drug-likeness (QED) is 0.828. The Hall–Kier alpha value is -0.0800. The van der Waals surface area contributed by atoms with Gasteiger partial charge in [-0.05, 0) is 57.4 Å². The van der Waals surface area contributed by atoms with E-state index in [1.54, 1.807) is 0 Å². The van der Waals surface area contributed by atoms with Crippen LogP contribution in [0.2, 0.25) is 0 Å². The zero-order valence-corrected chi connectivity index (χ0v) is 13.2. The zero-order valence-electron chi connectivity index (χ0n) is 13.2. The Kier molecular flexibility index (Phi) is 5.67. The third-order valence-corrected chi connectivity index (χ3v) is 4.58. The van der Waals surface area contributed by atoms with Crippen LogP contribution in [0.5, 0.6) is 0 Å². The molecule has 0 bridgehead atoms. The second-order valence-corrected chi connectivity index (χ2v) is 7.34. The lowest BCUT2D eigenvalue weighted by molar-refractivity contribution is -0.0284. The van der Waals surface area contributed by atoms with Crippen LogP contribution in [0.15, 0.2) is 0 Å². The van der Waals surface area contributed by atoms with Gasteiger partial charge in [-0.25, -0.2) is 0 Å². The van der Waals surface area contributed by atoms with Gasteiger partial charge in [0.25, 0.3) is 0 Å². The molecule has 1 N–H and O–H groups in total. The molecular formula is C16H33NO. The molecule has 2 heteroatoms. The summed E-state index contributed by atoms with van der Waals surface area (Å²) in [5.74, 6) is 0.740. The van der Waals surface area contributed by atoms with Crippen molar-refractivity contribution in [3.8, 4) is 0 Å². The van der Waals surface area contributed by atoms with Gasteiger partial charge >= 0.3 is 0 Å². The Bertz CT molecular complexity index is 244. The minimum Gasteiger partial charge on any atom is -0.391 e. The van der Waals surface area contributed by atoms with Crippen molar-refractivity contribution in [2.75, 3.05) is 6.54 Å². The number of nitrogens with zero attached hydrogens (tertiary/aromatic N) is 1. The van der Waals surface area contributed by atoms with Crippen molar-refractivity contribution in [3.63, 3.8) is 0 Å². The molecule has 3 unspecified atom stereocenters. The molecule has 1 aliphatic carbocycles. The maximum absolute atomic E-state index is 10.4. The van der Waals surface area contributed by atoms with Crippen LogP contribution < -0.4 is 0 Å². The number of hydrogen-bond acceptors (Lipinski definition) is 2. The third kappa shape index (κ3) is 3.96. The molecule has 3 atom stereocenters. The van der Waals surface area contributed by atoms with E-state index in [4.69, 9.17) is 0 Å². The summed E-state index contributed by atoms with van der Waals surface area (Å²) in [4.78, 5) is 2.52. The molecule has 18 heavy (non-hydrogen) atoms. The third-order valence-electron chi connectivity index (χ3n) is 4.58. The van der Waals surface area contributed by atoms with Crippen LogP contribution in [0.1, 0.15) is 67.2 Å². The summed E-state index contributed by atoms with van der Waals surface area (Å²) in [5, 5.41) is 10.4. The summed E-state index contributed by atoms with van der Waals surface area (Å²) in [6, 6.07) is 0.895. The highest BCUT2D eigenvalue weighted by molar-refractivity contribution is 4.91. The second kappa shape index (κ2) is 6.38. The van der Waals surface area contributed by atoms with Crippen molar-refractivity contribution in [2.24, 2.45) is 11.3 Å². The van der Waals surface area contributed by atoms with E-state index in [2.05, 4.69) is 46.4 Å². The molecule has 1 saturated carbocycles. The van der Waals surface area contributed by atoms with Gasteiger partial charge in [-0.3, -0.25) is 4.90 Å². The molecule has 1 rings (SSSR count). The minimum absolute atomic E-state index is 0.127. The molecule has 0 aromatic heterocycles. The van der Waals surface area contributed by atoms with Gasteiger partial charge in [-0.15, -0.1) is 0 Å². The molecule has 0 radical (unpaired) electrons. The first-order chi connectivity index (χ1) is 8.27. The lowest BCUT2D eigenvalue weighted by Crippen LogP contribution is -2.51. The molecule has 0 heterocycles. The predicted molar refractivity (Wildman–Crippen MR) is 78.7 cm³/mol. The molecule has 0 aromatic rings. The fourth-order valence-electron chi connectivity index (χ4n) is 3.34. The van der Waals surface area contributed by atoms with Gasteiger partial charge in [0, 0.05) is 12.1 Å². The van der Waals surface area contributed by atoms with E-state index >= 15 is 0 Å². The van der Waals surface area contributed by atoms with Crippen LogP contribution in [-0.2, 0) is 0 Å². The topological polar surface area (TPSA) is 23.5 Å². The lowest BCUT2D eigenvalue weighted by atomic mass is 9.69. The Labute approximate surface area is 114 Å². The fourth-order valence-corrected chi connectivity index (χ4v) is 3.34. The van der Waals surface area contributed by atoms with E-state index in [9.17, 15) is 5.11 Å². The van der Waals surface area contributed by atoms with E-state index in [0.29, 0.717) is 17.5 Å². The lowest BCUT2D eigenvalue weighted by Gasteiger charge is -2.46. The standard InChI is InChI=1S/C16H33NO/c1-7-10-17(12(2)3)14-11-13(16(4,5)6)8-9-15(14)18/h12-15,18H,7-11H2,1-6H3. The smallest absolute Gasteiger partial charge is 0.0695 e. The van der Waals surface area contributed by atoms with Crippen molar-refractivity contribution in [3.05, 3.63) is 0 Å². The zero-order chi connectivity index (χ0) is 13.9. The SMILES string of the molecule is CCCN(C(C)C)C1CC(C(C)(C)C)CCC1O. The molecule has 0 aromatic carbocycles. The summed E-state index contributed by atoms with van der Waals surface area (Å²) >= 11 is 0. The molecule has 0 spiro atoms. The molecular weight excluding hydrogens is 222 g/mol. The average molecular weight is 255 g/mol. The van der Waals surface area contributed by atoms with Crippen molar-refractivity contribution < 1.29 is 5.11 Å². The highest BCUT2D eigenvalue weighted by Gasteiger charge is 2.38. The molecule has 2 nitrogen and oxygen atoms in total. The average Bonchev–Trinajstić information content (AvgIpc) is 2.25. The van der Waals surface area contributed by atoms with E-state index in [0.717, 1.165) is 25.3 Å². The van der Waals surface area contributed by atoms with Crippen molar-refractivity contribution in [1.29, 1.82) is 0 Å². The summed E-state index contributed by atoms with van der Waals surface area (Å²) in [6.45, 7) is 14.9. The van der Waals surface area contributed by atoms with E-state index in [1.165, 1.54) is 12.8 Å². The number of aliphatic hydroxyl groups excluding tert-OH is 1. The van der Waals surface area contributed by atoms with Gasteiger partial charge in [0.15, 0.2) is 0 Å². The highest BCUT2D eigenvalue weighted by Crippen LogP contribution is 2.39. The van der Waals surface area contributed by atoms with E-state index in [-0.39, 0.29) is 6.10 Å². The van der Waals surface area contributed by atoms with Crippen molar-refractivity contribution in [1.82, 2.24) is 4.90 Å². The molecule has 1 fully saturated rings. The molecule has 1 aliphatic rings. The monoisotopic (exact) mass is 255 g/mol. The van der Waals surface area contributed by atoms with Crippen molar-refractivity contribution in [2.45, 2.75) is 85.4 Å². The van der Waals surface area contributed by atoms with Crippen LogP contribution in [0.3, 0.4) is 0 Å².